The van der Waals surface area contributed by atoms with Gasteiger partial charge in [0.25, 0.3) is 0 Å². The second-order valence-electron chi connectivity index (χ2n) is 6.69. The summed E-state index contributed by atoms with van der Waals surface area (Å²) in [4.78, 5) is 5.55. The zero-order chi connectivity index (χ0) is 22.2. The number of ether oxygens (including phenoxy) is 1. The van der Waals surface area contributed by atoms with Gasteiger partial charge in [-0.3, -0.25) is 0 Å². The first kappa shape index (κ1) is 21.3. The summed E-state index contributed by atoms with van der Waals surface area (Å²) < 4.78 is 60.6. The lowest BCUT2D eigenvalue weighted by Gasteiger charge is -2.07. The first-order chi connectivity index (χ1) is 14.8. The summed E-state index contributed by atoms with van der Waals surface area (Å²) in [5.74, 6) is -0.647. The van der Waals surface area contributed by atoms with E-state index in [4.69, 9.17) is 4.74 Å². The maximum atomic E-state index is 13.8. The van der Waals surface area contributed by atoms with Gasteiger partial charge in [0.15, 0.2) is 5.82 Å². The zero-order valence-electron chi connectivity index (χ0n) is 16.6. The van der Waals surface area contributed by atoms with E-state index in [9.17, 15) is 17.2 Å². The van der Waals surface area contributed by atoms with Gasteiger partial charge in [-0.05, 0) is 49.7 Å². The largest absolute Gasteiger partial charge is 0.497 e. The molecular formula is C20H18F2N4O3S2. The van der Waals surface area contributed by atoms with Gasteiger partial charge in [0.1, 0.15) is 22.3 Å². The Balaban J connectivity index is 1.47. The minimum absolute atomic E-state index is 0.0506. The van der Waals surface area contributed by atoms with E-state index in [1.807, 2.05) is 31.2 Å². The molecule has 2 aromatic carbocycles. The van der Waals surface area contributed by atoms with E-state index >= 15 is 0 Å². The molecule has 0 saturated carbocycles. The Morgan fingerprint density at radius 3 is 2.55 bits per heavy atom. The van der Waals surface area contributed by atoms with Crippen molar-refractivity contribution in [2.75, 3.05) is 13.7 Å². The molecule has 0 bridgehead atoms. The molecular weight excluding hydrogens is 446 g/mol. The van der Waals surface area contributed by atoms with Crippen LogP contribution in [0.25, 0.3) is 16.3 Å². The van der Waals surface area contributed by atoms with E-state index in [-0.39, 0.29) is 6.54 Å². The number of aromatic nitrogens is 3. The van der Waals surface area contributed by atoms with Gasteiger partial charge in [-0.15, -0.1) is 5.10 Å². The second kappa shape index (κ2) is 8.33. The number of benzene rings is 2. The molecule has 0 fully saturated rings. The van der Waals surface area contributed by atoms with Gasteiger partial charge in [-0.1, -0.05) is 11.3 Å². The summed E-state index contributed by atoms with van der Waals surface area (Å²) in [6, 6.07) is 9.76. The Labute approximate surface area is 181 Å². The first-order valence-corrected chi connectivity index (χ1v) is 11.5. The van der Waals surface area contributed by atoms with E-state index in [2.05, 4.69) is 14.8 Å². The van der Waals surface area contributed by atoms with Crippen molar-refractivity contribution in [3.63, 3.8) is 0 Å². The number of halogens is 2. The number of fused-ring (bicyclic) bond motifs is 1. The average Bonchev–Trinajstić information content (AvgIpc) is 3.27. The molecule has 1 N–H and O–H groups in total. The Kier molecular flexibility index (Phi) is 5.73. The van der Waals surface area contributed by atoms with Gasteiger partial charge in [0.05, 0.1) is 12.8 Å². The Bertz CT molecular complexity index is 1350. The van der Waals surface area contributed by atoms with Crippen LogP contribution in [0.4, 0.5) is 8.78 Å². The predicted molar refractivity (Wildman–Crippen MR) is 113 cm³/mol. The molecule has 0 saturated heterocycles. The fourth-order valence-corrected chi connectivity index (χ4v) is 5.19. The van der Waals surface area contributed by atoms with Crippen LogP contribution in [0.5, 0.6) is 5.75 Å². The molecule has 0 spiro atoms. The number of aryl methyl sites for hydroxylation is 1. The number of hydrogen-bond acceptors (Lipinski definition) is 6. The lowest BCUT2D eigenvalue weighted by molar-refractivity contribution is 0.415. The summed E-state index contributed by atoms with van der Waals surface area (Å²) in [6.45, 7) is 1.93. The standard InChI is InChI=1S/C20H18F2N4O3S2/c1-12-17(9-10-23-31(27,28)18-8-5-14(21)11-16(18)22)30-20-24-19(25-26(12)20)13-3-6-15(29-2)7-4-13/h3-8,11,23H,9-10H2,1-2H3. The third-order valence-corrected chi connectivity index (χ3v) is 7.38. The molecule has 0 aliphatic carbocycles. The van der Waals surface area contributed by atoms with Crippen LogP contribution in [0.15, 0.2) is 47.4 Å². The number of nitrogens with zero attached hydrogens (tertiary/aromatic N) is 3. The molecule has 2 aromatic heterocycles. The van der Waals surface area contributed by atoms with E-state index in [1.54, 1.807) is 11.6 Å². The number of rotatable bonds is 7. The molecule has 7 nitrogen and oxygen atoms in total. The van der Waals surface area contributed by atoms with E-state index in [0.29, 0.717) is 23.3 Å². The Morgan fingerprint density at radius 1 is 1.16 bits per heavy atom. The van der Waals surface area contributed by atoms with Gasteiger partial charge < -0.3 is 4.74 Å². The smallest absolute Gasteiger partial charge is 0.243 e. The summed E-state index contributed by atoms with van der Waals surface area (Å²) >= 11 is 1.40. The lowest BCUT2D eigenvalue weighted by Crippen LogP contribution is -2.26. The highest BCUT2D eigenvalue weighted by Crippen LogP contribution is 2.26. The van der Waals surface area contributed by atoms with Gasteiger partial charge >= 0.3 is 0 Å². The van der Waals surface area contributed by atoms with Crippen molar-refractivity contribution in [1.29, 1.82) is 0 Å². The topological polar surface area (TPSA) is 85.6 Å². The Morgan fingerprint density at radius 2 is 1.90 bits per heavy atom. The molecule has 0 aliphatic heterocycles. The van der Waals surface area contributed by atoms with Crippen LogP contribution < -0.4 is 9.46 Å². The molecule has 11 heteroatoms. The van der Waals surface area contributed by atoms with Crippen molar-refractivity contribution in [3.05, 3.63) is 64.7 Å². The fourth-order valence-electron chi connectivity index (χ4n) is 3.05. The minimum atomic E-state index is -4.09. The van der Waals surface area contributed by atoms with Crippen molar-refractivity contribution in [1.82, 2.24) is 19.3 Å². The molecule has 31 heavy (non-hydrogen) atoms. The summed E-state index contributed by atoms with van der Waals surface area (Å²) in [5.41, 5.74) is 1.70. The van der Waals surface area contributed by atoms with Crippen molar-refractivity contribution in [3.8, 4) is 17.1 Å². The van der Waals surface area contributed by atoms with Gasteiger partial charge in [0, 0.05) is 23.1 Å². The highest BCUT2D eigenvalue weighted by molar-refractivity contribution is 7.89. The highest BCUT2D eigenvalue weighted by atomic mass is 32.2. The second-order valence-corrected chi connectivity index (χ2v) is 9.49. The van der Waals surface area contributed by atoms with Crippen LogP contribution in [-0.2, 0) is 16.4 Å². The number of nitrogens with one attached hydrogen (secondary N) is 1. The van der Waals surface area contributed by atoms with Crippen LogP contribution in [0, 0.1) is 18.6 Å². The van der Waals surface area contributed by atoms with Gasteiger partial charge in [0.2, 0.25) is 15.0 Å². The van der Waals surface area contributed by atoms with E-state index < -0.39 is 26.6 Å². The summed E-state index contributed by atoms with van der Waals surface area (Å²) in [7, 11) is -2.49. The van der Waals surface area contributed by atoms with E-state index in [1.165, 1.54) is 11.3 Å². The number of hydrogen-bond donors (Lipinski definition) is 1. The number of thiazole rings is 1. The summed E-state index contributed by atoms with van der Waals surface area (Å²) in [5, 5.41) is 4.53. The first-order valence-electron chi connectivity index (χ1n) is 9.22. The van der Waals surface area contributed by atoms with Gasteiger partial charge in [-0.2, -0.15) is 4.98 Å². The lowest BCUT2D eigenvalue weighted by atomic mass is 10.2. The maximum absolute atomic E-state index is 13.8. The van der Waals surface area contributed by atoms with Gasteiger partial charge in [-0.25, -0.2) is 26.4 Å². The summed E-state index contributed by atoms with van der Waals surface area (Å²) in [6.07, 6.45) is 0.376. The van der Waals surface area contributed by atoms with Crippen molar-refractivity contribution in [2.45, 2.75) is 18.2 Å². The minimum Gasteiger partial charge on any atom is -0.497 e. The third-order valence-electron chi connectivity index (χ3n) is 4.69. The zero-order valence-corrected chi connectivity index (χ0v) is 18.2. The van der Waals surface area contributed by atoms with Crippen molar-refractivity contribution < 1.29 is 21.9 Å². The molecule has 0 radical (unpaired) electrons. The quantitative estimate of drug-likeness (QED) is 0.452. The Hall–Kier alpha value is -2.89. The molecule has 0 atom stereocenters. The molecule has 162 valence electrons. The molecule has 2 heterocycles. The molecule has 4 rings (SSSR count). The van der Waals surface area contributed by atoms with Crippen LogP contribution in [0.3, 0.4) is 0 Å². The van der Waals surface area contributed by atoms with E-state index in [0.717, 1.165) is 34.0 Å². The average molecular weight is 465 g/mol. The van der Waals surface area contributed by atoms with Crippen molar-refractivity contribution in [2.24, 2.45) is 0 Å². The number of methoxy groups -OCH3 is 1. The molecule has 0 aliphatic rings. The predicted octanol–water partition coefficient (Wildman–Crippen LogP) is 3.57. The monoisotopic (exact) mass is 464 g/mol. The molecule has 0 unspecified atom stereocenters. The normalized spacial score (nSPS) is 11.9. The highest BCUT2D eigenvalue weighted by Gasteiger charge is 2.20. The van der Waals surface area contributed by atoms with Crippen molar-refractivity contribution >= 4 is 26.3 Å². The number of sulfonamides is 1. The van der Waals surface area contributed by atoms with Crippen LogP contribution >= 0.6 is 11.3 Å². The fraction of sp³-hybridized carbons (Fsp3) is 0.200. The van der Waals surface area contributed by atoms with Crippen LogP contribution in [-0.4, -0.2) is 36.7 Å². The SMILES string of the molecule is COc1ccc(-c2nc3sc(CCNS(=O)(=O)c4ccc(F)cc4F)c(C)n3n2)cc1. The maximum Gasteiger partial charge on any atom is 0.243 e. The van der Waals surface area contributed by atoms with Crippen LogP contribution in [0.1, 0.15) is 10.6 Å². The third kappa shape index (κ3) is 4.29. The van der Waals surface area contributed by atoms with Crippen LogP contribution in [0.2, 0.25) is 0 Å². The molecule has 4 aromatic rings. The molecule has 0 amide bonds.